The van der Waals surface area contributed by atoms with Gasteiger partial charge in [0.15, 0.2) is 0 Å². The molecule has 1 N–H and O–H groups in total. The second-order valence-electron chi connectivity index (χ2n) is 7.50. The molecule has 0 amide bonds. The van der Waals surface area contributed by atoms with Gasteiger partial charge in [-0.25, -0.2) is 4.98 Å². The van der Waals surface area contributed by atoms with Crippen molar-refractivity contribution in [2.24, 2.45) is 0 Å². The number of hydrogen-bond donors (Lipinski definition) is 1. The van der Waals surface area contributed by atoms with E-state index in [4.69, 9.17) is 14.8 Å². The molecule has 32 heavy (non-hydrogen) atoms. The number of ether oxygens (including phenoxy) is 1. The Kier molecular flexibility index (Phi) is 6.47. The summed E-state index contributed by atoms with van der Waals surface area (Å²) in [5.41, 5.74) is 4.14. The van der Waals surface area contributed by atoms with E-state index in [1.54, 1.807) is 6.07 Å². The quantitative estimate of drug-likeness (QED) is 0.353. The molecule has 3 aromatic carbocycles. The monoisotopic (exact) mass is 425 g/mol. The Balaban J connectivity index is 1.67. The van der Waals surface area contributed by atoms with Crippen molar-refractivity contribution < 1.29 is 14.6 Å². The van der Waals surface area contributed by atoms with E-state index in [-0.39, 0.29) is 6.42 Å². The average Bonchev–Trinajstić information content (AvgIpc) is 3.20. The van der Waals surface area contributed by atoms with Crippen molar-refractivity contribution in [1.82, 2.24) is 9.55 Å². The van der Waals surface area contributed by atoms with Gasteiger partial charge >= 0.3 is 5.97 Å². The van der Waals surface area contributed by atoms with E-state index in [0.29, 0.717) is 18.6 Å². The van der Waals surface area contributed by atoms with Gasteiger partial charge in [-0.15, -0.1) is 0 Å². The highest BCUT2D eigenvalue weighted by molar-refractivity contribution is 5.84. The van der Waals surface area contributed by atoms with Crippen LogP contribution in [0.1, 0.15) is 31.2 Å². The fraction of sp³-hybridized carbons (Fsp3) is 0.192. The van der Waals surface area contributed by atoms with Gasteiger partial charge in [-0.2, -0.15) is 5.26 Å². The summed E-state index contributed by atoms with van der Waals surface area (Å²) >= 11 is 0. The number of aromatic nitrogens is 2. The molecule has 0 radical (unpaired) electrons. The third kappa shape index (κ3) is 4.79. The van der Waals surface area contributed by atoms with Crippen LogP contribution in [0.15, 0.2) is 72.8 Å². The standard InChI is InChI=1S/C26H23N3O3/c27-18-19-8-7-11-21(16-19)29-24-17-22(32-15-6-2-5-12-25(30)31)13-14-23(24)28-26(29)20-9-3-1-4-10-20/h1,3-4,7-11,13-14,16-17H,2,5-6,12,15H2,(H,30,31). The maximum Gasteiger partial charge on any atom is 0.303 e. The number of benzene rings is 3. The minimum absolute atomic E-state index is 0.190. The lowest BCUT2D eigenvalue weighted by atomic mass is 10.2. The number of aliphatic carboxylic acids is 1. The summed E-state index contributed by atoms with van der Waals surface area (Å²) in [6.07, 6.45) is 2.45. The fourth-order valence-corrected chi connectivity index (χ4v) is 3.65. The maximum absolute atomic E-state index is 10.6. The van der Waals surface area contributed by atoms with Crippen LogP contribution < -0.4 is 4.74 Å². The predicted molar refractivity (Wildman–Crippen MR) is 123 cm³/mol. The molecule has 0 atom stereocenters. The third-order valence-corrected chi connectivity index (χ3v) is 5.20. The zero-order valence-electron chi connectivity index (χ0n) is 17.6. The molecule has 0 saturated carbocycles. The summed E-state index contributed by atoms with van der Waals surface area (Å²) in [5.74, 6) is 0.758. The number of nitrogens with zero attached hydrogens (tertiary/aromatic N) is 3. The molecule has 0 unspecified atom stereocenters. The number of nitriles is 1. The number of carbonyl (C=O) groups is 1. The Morgan fingerprint density at radius 2 is 1.84 bits per heavy atom. The van der Waals surface area contributed by atoms with Crippen molar-refractivity contribution >= 4 is 17.0 Å². The lowest BCUT2D eigenvalue weighted by molar-refractivity contribution is -0.137. The van der Waals surface area contributed by atoms with Crippen molar-refractivity contribution in [3.05, 3.63) is 78.4 Å². The zero-order valence-corrected chi connectivity index (χ0v) is 17.6. The van der Waals surface area contributed by atoms with Crippen molar-refractivity contribution in [2.75, 3.05) is 6.61 Å². The van der Waals surface area contributed by atoms with Crippen molar-refractivity contribution in [2.45, 2.75) is 25.7 Å². The molecule has 1 aromatic heterocycles. The van der Waals surface area contributed by atoms with Crippen LogP contribution in [-0.4, -0.2) is 27.2 Å². The topological polar surface area (TPSA) is 88.1 Å². The summed E-state index contributed by atoms with van der Waals surface area (Å²) in [7, 11) is 0. The van der Waals surface area contributed by atoms with Gasteiger partial charge in [0.05, 0.1) is 29.3 Å². The van der Waals surface area contributed by atoms with E-state index in [2.05, 4.69) is 6.07 Å². The normalized spacial score (nSPS) is 10.7. The Bertz CT molecular complexity index is 1270. The van der Waals surface area contributed by atoms with Gasteiger partial charge in [0.2, 0.25) is 0 Å². The minimum Gasteiger partial charge on any atom is -0.494 e. The van der Waals surface area contributed by atoms with Crippen LogP contribution in [0.25, 0.3) is 28.1 Å². The number of imidazole rings is 1. The molecule has 4 aromatic rings. The van der Waals surface area contributed by atoms with E-state index >= 15 is 0 Å². The molecule has 0 aliphatic heterocycles. The van der Waals surface area contributed by atoms with Crippen molar-refractivity contribution in [3.63, 3.8) is 0 Å². The number of fused-ring (bicyclic) bond motifs is 1. The molecular weight excluding hydrogens is 402 g/mol. The molecule has 0 aliphatic carbocycles. The third-order valence-electron chi connectivity index (χ3n) is 5.20. The first-order valence-corrected chi connectivity index (χ1v) is 10.6. The molecule has 0 bridgehead atoms. The highest BCUT2D eigenvalue weighted by Gasteiger charge is 2.15. The molecule has 0 spiro atoms. The molecule has 160 valence electrons. The first kappa shape index (κ1) is 21.1. The first-order valence-electron chi connectivity index (χ1n) is 10.6. The fourth-order valence-electron chi connectivity index (χ4n) is 3.65. The molecule has 0 fully saturated rings. The van der Waals surface area contributed by atoms with Crippen LogP contribution in [0.5, 0.6) is 5.75 Å². The second-order valence-corrected chi connectivity index (χ2v) is 7.50. The Hall–Kier alpha value is -4.11. The van der Waals surface area contributed by atoms with Gasteiger partial charge in [-0.1, -0.05) is 36.4 Å². The average molecular weight is 425 g/mol. The Morgan fingerprint density at radius 1 is 1.00 bits per heavy atom. The summed E-state index contributed by atoms with van der Waals surface area (Å²) in [6, 6.07) is 25.4. The van der Waals surface area contributed by atoms with E-state index in [0.717, 1.165) is 46.7 Å². The summed E-state index contributed by atoms with van der Waals surface area (Å²) in [5, 5.41) is 18.1. The zero-order chi connectivity index (χ0) is 22.3. The lowest BCUT2D eigenvalue weighted by Gasteiger charge is -2.11. The molecule has 0 saturated heterocycles. The van der Waals surface area contributed by atoms with Crippen LogP contribution in [0, 0.1) is 11.3 Å². The van der Waals surface area contributed by atoms with Gasteiger partial charge in [-0.3, -0.25) is 9.36 Å². The number of hydrogen-bond acceptors (Lipinski definition) is 4. The predicted octanol–water partition coefficient (Wildman–Crippen LogP) is 5.59. The van der Waals surface area contributed by atoms with Crippen LogP contribution in [-0.2, 0) is 4.79 Å². The second kappa shape index (κ2) is 9.80. The lowest BCUT2D eigenvalue weighted by Crippen LogP contribution is -2.00. The Morgan fingerprint density at radius 3 is 2.62 bits per heavy atom. The van der Waals surface area contributed by atoms with E-state index < -0.39 is 5.97 Å². The SMILES string of the molecule is N#Cc1cccc(-n2c(-c3ccccc3)nc3ccc(OCCCCCC(=O)O)cc32)c1. The van der Waals surface area contributed by atoms with E-state index in [1.165, 1.54) is 0 Å². The van der Waals surface area contributed by atoms with E-state index in [9.17, 15) is 10.1 Å². The smallest absolute Gasteiger partial charge is 0.303 e. The van der Waals surface area contributed by atoms with Gasteiger partial charge in [0.1, 0.15) is 11.6 Å². The van der Waals surface area contributed by atoms with Crippen molar-refractivity contribution in [1.29, 1.82) is 5.26 Å². The number of carboxylic acids is 1. The molecule has 6 heteroatoms. The van der Waals surface area contributed by atoms with Gasteiger partial charge in [-0.05, 0) is 49.6 Å². The summed E-state index contributed by atoms with van der Waals surface area (Å²) in [4.78, 5) is 15.5. The molecule has 0 aliphatic rings. The largest absolute Gasteiger partial charge is 0.494 e. The number of carboxylic acid groups (broad SMARTS) is 1. The number of unbranched alkanes of at least 4 members (excludes halogenated alkanes) is 2. The molecule has 1 heterocycles. The highest BCUT2D eigenvalue weighted by Crippen LogP contribution is 2.31. The number of rotatable bonds is 9. The van der Waals surface area contributed by atoms with Crippen LogP contribution >= 0.6 is 0 Å². The van der Waals surface area contributed by atoms with Gasteiger partial charge in [0, 0.05) is 23.7 Å². The first-order chi connectivity index (χ1) is 15.7. The highest BCUT2D eigenvalue weighted by atomic mass is 16.5. The van der Waals surface area contributed by atoms with Crippen molar-refractivity contribution in [3.8, 4) is 28.9 Å². The van der Waals surface area contributed by atoms with Crippen LogP contribution in [0.3, 0.4) is 0 Å². The van der Waals surface area contributed by atoms with Gasteiger partial charge < -0.3 is 9.84 Å². The minimum atomic E-state index is -0.765. The van der Waals surface area contributed by atoms with Crippen LogP contribution in [0.2, 0.25) is 0 Å². The summed E-state index contributed by atoms with van der Waals surface area (Å²) in [6.45, 7) is 0.523. The van der Waals surface area contributed by atoms with Crippen LogP contribution in [0.4, 0.5) is 0 Å². The van der Waals surface area contributed by atoms with Gasteiger partial charge in [0.25, 0.3) is 0 Å². The Labute approximate surface area is 186 Å². The summed E-state index contributed by atoms with van der Waals surface area (Å²) < 4.78 is 7.98. The molecular formula is C26H23N3O3. The molecule has 6 nitrogen and oxygen atoms in total. The van der Waals surface area contributed by atoms with E-state index in [1.807, 2.05) is 71.3 Å². The maximum atomic E-state index is 10.6. The molecule has 4 rings (SSSR count).